The van der Waals surface area contributed by atoms with Crippen molar-refractivity contribution in [3.05, 3.63) is 65.7 Å². The molecule has 0 aromatic heterocycles. The Hall–Kier alpha value is -2.39. The van der Waals surface area contributed by atoms with Crippen molar-refractivity contribution in [2.75, 3.05) is 0 Å². The average Bonchev–Trinajstić information content (AvgIpc) is 2.56. The highest BCUT2D eigenvalue weighted by Gasteiger charge is 2.12. The molecule has 0 fully saturated rings. The fourth-order valence-corrected chi connectivity index (χ4v) is 2.31. The third-order valence-corrected chi connectivity index (χ3v) is 3.58. The number of benzene rings is 2. The fourth-order valence-electron chi connectivity index (χ4n) is 2.31. The van der Waals surface area contributed by atoms with E-state index in [-0.39, 0.29) is 6.61 Å². The van der Waals surface area contributed by atoms with Gasteiger partial charge in [-0.15, -0.1) is 0 Å². The minimum atomic E-state index is -0.469. The Bertz CT molecular complexity index is 699. The SMILES string of the molecule is C=C(C)C(=O)Oc1cc(CO)ccc1-c1ccc(CCC)cc1. The van der Waals surface area contributed by atoms with Crippen molar-refractivity contribution in [1.82, 2.24) is 0 Å². The van der Waals surface area contributed by atoms with E-state index in [4.69, 9.17) is 4.74 Å². The van der Waals surface area contributed by atoms with Gasteiger partial charge in [-0.3, -0.25) is 0 Å². The maximum absolute atomic E-state index is 11.9. The molecule has 2 aromatic rings. The van der Waals surface area contributed by atoms with E-state index < -0.39 is 5.97 Å². The summed E-state index contributed by atoms with van der Waals surface area (Å²) in [7, 11) is 0. The van der Waals surface area contributed by atoms with E-state index in [1.54, 1.807) is 13.0 Å². The molecule has 0 spiro atoms. The maximum atomic E-state index is 11.9. The van der Waals surface area contributed by atoms with Gasteiger partial charge in [0.2, 0.25) is 0 Å². The molecule has 0 saturated carbocycles. The molecule has 0 amide bonds. The molecule has 2 aromatic carbocycles. The molecule has 3 heteroatoms. The van der Waals surface area contributed by atoms with E-state index in [1.807, 2.05) is 24.3 Å². The summed E-state index contributed by atoms with van der Waals surface area (Å²) in [6.45, 7) is 7.26. The number of aryl methyl sites for hydroxylation is 1. The molecule has 0 aliphatic rings. The third-order valence-electron chi connectivity index (χ3n) is 3.58. The Morgan fingerprint density at radius 3 is 2.35 bits per heavy atom. The van der Waals surface area contributed by atoms with Gasteiger partial charge < -0.3 is 9.84 Å². The molecule has 0 unspecified atom stereocenters. The molecule has 1 N–H and O–H groups in total. The lowest BCUT2D eigenvalue weighted by Crippen LogP contribution is -2.09. The largest absolute Gasteiger partial charge is 0.423 e. The molecule has 0 saturated heterocycles. The van der Waals surface area contributed by atoms with Gasteiger partial charge in [-0.1, -0.05) is 56.3 Å². The summed E-state index contributed by atoms with van der Waals surface area (Å²) >= 11 is 0. The zero-order valence-electron chi connectivity index (χ0n) is 13.6. The lowest BCUT2D eigenvalue weighted by molar-refractivity contribution is -0.130. The molecule has 0 aliphatic heterocycles. The van der Waals surface area contributed by atoms with Crippen molar-refractivity contribution in [2.24, 2.45) is 0 Å². The molecular weight excluding hydrogens is 288 g/mol. The van der Waals surface area contributed by atoms with Gasteiger partial charge in [0.25, 0.3) is 0 Å². The van der Waals surface area contributed by atoms with Crippen LogP contribution in [0.15, 0.2) is 54.6 Å². The maximum Gasteiger partial charge on any atom is 0.338 e. The van der Waals surface area contributed by atoms with Crippen LogP contribution in [0.5, 0.6) is 5.75 Å². The van der Waals surface area contributed by atoms with Crippen molar-refractivity contribution in [2.45, 2.75) is 33.3 Å². The Morgan fingerprint density at radius 2 is 1.78 bits per heavy atom. The van der Waals surface area contributed by atoms with Crippen LogP contribution in [0, 0.1) is 0 Å². The number of rotatable bonds is 6. The van der Waals surface area contributed by atoms with E-state index in [0.717, 1.165) is 24.0 Å². The molecule has 3 nitrogen and oxygen atoms in total. The summed E-state index contributed by atoms with van der Waals surface area (Å²) in [5.41, 5.74) is 4.10. The average molecular weight is 310 g/mol. The minimum absolute atomic E-state index is 0.104. The number of hydrogen-bond acceptors (Lipinski definition) is 3. The van der Waals surface area contributed by atoms with Crippen molar-refractivity contribution < 1.29 is 14.6 Å². The standard InChI is InChI=1S/C20H22O3/c1-4-5-15-6-9-17(10-7-15)18-11-8-16(13-21)12-19(18)23-20(22)14(2)3/h6-12,21H,2,4-5,13H2,1,3H3. The van der Waals surface area contributed by atoms with E-state index >= 15 is 0 Å². The van der Waals surface area contributed by atoms with Crippen molar-refractivity contribution >= 4 is 5.97 Å². The quantitative estimate of drug-likeness (QED) is 0.492. The molecule has 0 aliphatic carbocycles. The van der Waals surface area contributed by atoms with Gasteiger partial charge >= 0.3 is 5.97 Å². The number of aliphatic hydroxyl groups excluding tert-OH is 1. The first-order valence-electron chi connectivity index (χ1n) is 7.76. The second-order valence-corrected chi connectivity index (χ2v) is 5.61. The van der Waals surface area contributed by atoms with Crippen LogP contribution >= 0.6 is 0 Å². The van der Waals surface area contributed by atoms with Gasteiger partial charge in [-0.25, -0.2) is 4.79 Å². The second-order valence-electron chi connectivity index (χ2n) is 5.61. The predicted octanol–water partition coefficient (Wildman–Crippen LogP) is 4.28. The van der Waals surface area contributed by atoms with Crippen LogP contribution in [0.4, 0.5) is 0 Å². The van der Waals surface area contributed by atoms with Gasteiger partial charge in [0, 0.05) is 11.1 Å². The second kappa shape index (κ2) is 7.75. The lowest BCUT2D eigenvalue weighted by Gasteiger charge is -2.12. The molecule has 23 heavy (non-hydrogen) atoms. The van der Waals surface area contributed by atoms with E-state index in [9.17, 15) is 9.90 Å². The van der Waals surface area contributed by atoms with Crippen LogP contribution in [0.3, 0.4) is 0 Å². The van der Waals surface area contributed by atoms with Gasteiger partial charge in [0.05, 0.1) is 6.61 Å². The van der Waals surface area contributed by atoms with E-state index in [0.29, 0.717) is 16.9 Å². The highest BCUT2D eigenvalue weighted by molar-refractivity contribution is 5.90. The van der Waals surface area contributed by atoms with Crippen molar-refractivity contribution in [3.8, 4) is 16.9 Å². The lowest BCUT2D eigenvalue weighted by atomic mass is 10.00. The molecule has 0 atom stereocenters. The Balaban J connectivity index is 2.39. The van der Waals surface area contributed by atoms with Crippen LogP contribution < -0.4 is 4.74 Å². The van der Waals surface area contributed by atoms with Crippen LogP contribution in [-0.2, 0) is 17.8 Å². The molecule has 120 valence electrons. The number of hydrogen-bond donors (Lipinski definition) is 1. The third kappa shape index (κ3) is 4.30. The predicted molar refractivity (Wildman–Crippen MR) is 92.2 cm³/mol. The van der Waals surface area contributed by atoms with Crippen LogP contribution in [-0.4, -0.2) is 11.1 Å². The van der Waals surface area contributed by atoms with Gasteiger partial charge in [0.15, 0.2) is 0 Å². The molecule has 2 rings (SSSR count). The number of esters is 1. The summed E-state index contributed by atoms with van der Waals surface area (Å²) in [5.74, 6) is -0.0308. The molecular formula is C20H22O3. The highest BCUT2D eigenvalue weighted by Crippen LogP contribution is 2.32. The summed E-state index contributed by atoms with van der Waals surface area (Å²) < 4.78 is 5.43. The summed E-state index contributed by atoms with van der Waals surface area (Å²) in [4.78, 5) is 11.9. The first-order valence-corrected chi connectivity index (χ1v) is 7.76. The van der Waals surface area contributed by atoms with Crippen LogP contribution in [0.25, 0.3) is 11.1 Å². The Labute approximate surface area is 137 Å². The highest BCUT2D eigenvalue weighted by atomic mass is 16.5. The number of carbonyl (C=O) groups is 1. The number of carbonyl (C=O) groups excluding carboxylic acids is 1. The number of ether oxygens (including phenoxy) is 1. The first kappa shape index (κ1) is 17.0. The fraction of sp³-hybridized carbons (Fsp3) is 0.250. The van der Waals surface area contributed by atoms with Crippen LogP contribution in [0.1, 0.15) is 31.4 Å². The van der Waals surface area contributed by atoms with Gasteiger partial charge in [0.1, 0.15) is 5.75 Å². The summed E-state index contributed by atoms with van der Waals surface area (Å²) in [6.07, 6.45) is 2.15. The number of aliphatic hydroxyl groups is 1. The monoisotopic (exact) mass is 310 g/mol. The zero-order chi connectivity index (χ0) is 16.8. The summed E-state index contributed by atoms with van der Waals surface area (Å²) in [5, 5.41) is 9.30. The molecule has 0 heterocycles. The smallest absolute Gasteiger partial charge is 0.338 e. The molecule has 0 radical (unpaired) electrons. The topological polar surface area (TPSA) is 46.5 Å². The molecule has 0 bridgehead atoms. The Kier molecular flexibility index (Phi) is 5.72. The minimum Gasteiger partial charge on any atom is -0.423 e. The summed E-state index contributed by atoms with van der Waals surface area (Å²) in [6, 6.07) is 13.6. The first-order chi connectivity index (χ1) is 11.0. The van der Waals surface area contributed by atoms with Gasteiger partial charge in [-0.2, -0.15) is 0 Å². The van der Waals surface area contributed by atoms with Crippen molar-refractivity contribution in [3.63, 3.8) is 0 Å². The van der Waals surface area contributed by atoms with E-state index in [1.165, 1.54) is 5.56 Å². The van der Waals surface area contributed by atoms with Crippen molar-refractivity contribution in [1.29, 1.82) is 0 Å². The Morgan fingerprint density at radius 1 is 1.13 bits per heavy atom. The van der Waals surface area contributed by atoms with Gasteiger partial charge in [-0.05, 0) is 36.1 Å². The zero-order valence-corrected chi connectivity index (χ0v) is 13.6. The normalized spacial score (nSPS) is 10.4. The van der Waals surface area contributed by atoms with E-state index in [2.05, 4.69) is 25.6 Å². The van der Waals surface area contributed by atoms with Crippen LogP contribution in [0.2, 0.25) is 0 Å².